The van der Waals surface area contributed by atoms with E-state index in [0.717, 1.165) is 24.3 Å². The maximum atomic E-state index is 13.1. The Morgan fingerprint density at radius 3 is 1.94 bits per heavy atom. The molecular weight excluding hydrogens is 392 g/mol. The van der Waals surface area contributed by atoms with Gasteiger partial charge < -0.3 is 20.1 Å². The lowest BCUT2D eigenvalue weighted by atomic mass is 9.49. The minimum absolute atomic E-state index is 0.0205. The van der Waals surface area contributed by atoms with E-state index < -0.39 is 6.04 Å². The Balaban J connectivity index is 1.41. The number of hydrogen-bond acceptors (Lipinski definition) is 4. The van der Waals surface area contributed by atoms with Gasteiger partial charge in [-0.15, -0.1) is 0 Å². The summed E-state index contributed by atoms with van der Waals surface area (Å²) in [6.07, 6.45) is 7.93. The Hall–Kier alpha value is -2.24. The standard InChI is InChI=1S/C25H36N2O4/c1-15(2)22(27-23(28)19-8-20(30-3)10-21(9-19)31-4)24(29)26-14-25-11-16-5-17(12-25)7-18(6-16)13-25/h8-10,15-18,22H,5-7,11-14H2,1-4H3,(H,26,29)(H,27,28). The third-order valence-corrected chi connectivity index (χ3v) is 7.65. The second-order valence-corrected chi connectivity index (χ2v) is 10.4. The zero-order chi connectivity index (χ0) is 22.2. The molecule has 2 amide bonds. The molecule has 1 atom stereocenters. The van der Waals surface area contributed by atoms with E-state index in [9.17, 15) is 9.59 Å². The molecule has 1 aromatic rings. The van der Waals surface area contributed by atoms with Crippen LogP contribution in [0.25, 0.3) is 0 Å². The molecule has 6 nitrogen and oxygen atoms in total. The maximum Gasteiger partial charge on any atom is 0.252 e. The van der Waals surface area contributed by atoms with Crippen molar-refractivity contribution < 1.29 is 19.1 Å². The number of rotatable bonds is 8. The largest absolute Gasteiger partial charge is 0.497 e. The van der Waals surface area contributed by atoms with Gasteiger partial charge in [-0.1, -0.05) is 13.8 Å². The highest BCUT2D eigenvalue weighted by atomic mass is 16.5. The van der Waals surface area contributed by atoms with E-state index >= 15 is 0 Å². The Kier molecular flexibility index (Phi) is 6.18. The summed E-state index contributed by atoms with van der Waals surface area (Å²) in [5.41, 5.74) is 0.687. The topological polar surface area (TPSA) is 76.7 Å². The fourth-order valence-electron chi connectivity index (χ4n) is 6.59. The SMILES string of the molecule is COc1cc(OC)cc(C(=O)NC(C(=O)NCC23CC4CC(CC(C4)C2)C3)C(C)C)c1. The minimum atomic E-state index is -0.585. The van der Waals surface area contributed by atoms with Gasteiger partial charge in [0.25, 0.3) is 5.91 Å². The number of amides is 2. The van der Waals surface area contributed by atoms with Crippen LogP contribution < -0.4 is 20.1 Å². The van der Waals surface area contributed by atoms with Crippen molar-refractivity contribution in [2.45, 2.75) is 58.4 Å². The molecule has 0 radical (unpaired) electrons. The number of ether oxygens (including phenoxy) is 2. The zero-order valence-electron chi connectivity index (χ0n) is 19.2. The Morgan fingerprint density at radius 2 is 1.48 bits per heavy atom. The second kappa shape index (κ2) is 8.71. The van der Waals surface area contributed by atoms with Crippen LogP contribution in [-0.2, 0) is 4.79 Å². The van der Waals surface area contributed by atoms with E-state index in [1.807, 2.05) is 13.8 Å². The van der Waals surface area contributed by atoms with Crippen molar-refractivity contribution in [3.8, 4) is 11.5 Å². The van der Waals surface area contributed by atoms with Crippen LogP contribution >= 0.6 is 0 Å². The van der Waals surface area contributed by atoms with Crippen LogP contribution in [-0.4, -0.2) is 38.6 Å². The molecule has 0 heterocycles. The van der Waals surface area contributed by atoms with Gasteiger partial charge in [-0.3, -0.25) is 9.59 Å². The quantitative estimate of drug-likeness (QED) is 0.660. The number of benzene rings is 1. The summed E-state index contributed by atoms with van der Waals surface area (Å²) in [6.45, 7) is 4.66. The van der Waals surface area contributed by atoms with Crippen molar-refractivity contribution >= 4 is 11.8 Å². The average molecular weight is 429 g/mol. The predicted molar refractivity (Wildman–Crippen MR) is 119 cm³/mol. The van der Waals surface area contributed by atoms with E-state index in [2.05, 4.69) is 10.6 Å². The van der Waals surface area contributed by atoms with Gasteiger partial charge >= 0.3 is 0 Å². The molecule has 0 saturated heterocycles. The highest BCUT2D eigenvalue weighted by Crippen LogP contribution is 2.59. The summed E-state index contributed by atoms with van der Waals surface area (Å²) in [5, 5.41) is 6.15. The van der Waals surface area contributed by atoms with Gasteiger partial charge in [-0.2, -0.15) is 0 Å². The molecule has 4 aliphatic carbocycles. The third kappa shape index (κ3) is 4.68. The second-order valence-electron chi connectivity index (χ2n) is 10.4. The number of hydrogen-bond donors (Lipinski definition) is 2. The minimum Gasteiger partial charge on any atom is -0.497 e. The summed E-state index contributed by atoms with van der Waals surface area (Å²) in [4.78, 5) is 26.0. The first-order valence-electron chi connectivity index (χ1n) is 11.6. The average Bonchev–Trinajstić information content (AvgIpc) is 2.74. The van der Waals surface area contributed by atoms with Gasteiger partial charge in [-0.25, -0.2) is 0 Å². The first-order chi connectivity index (χ1) is 14.8. The number of methoxy groups -OCH3 is 2. The van der Waals surface area contributed by atoms with Crippen molar-refractivity contribution in [1.29, 1.82) is 0 Å². The van der Waals surface area contributed by atoms with Gasteiger partial charge in [0, 0.05) is 18.2 Å². The fourth-order valence-corrected chi connectivity index (χ4v) is 6.59. The molecule has 6 heteroatoms. The summed E-state index contributed by atoms with van der Waals surface area (Å²) < 4.78 is 10.5. The van der Waals surface area contributed by atoms with Crippen molar-refractivity contribution in [3.05, 3.63) is 23.8 Å². The van der Waals surface area contributed by atoms with Crippen LogP contribution in [0.4, 0.5) is 0 Å². The molecule has 4 aliphatic rings. The van der Waals surface area contributed by atoms with Crippen LogP contribution in [0, 0.1) is 29.1 Å². The molecule has 170 valence electrons. The van der Waals surface area contributed by atoms with Gasteiger partial charge in [0.2, 0.25) is 5.91 Å². The van der Waals surface area contributed by atoms with E-state index in [1.54, 1.807) is 32.4 Å². The summed E-state index contributed by atoms with van der Waals surface area (Å²) in [6, 6.07) is 4.44. The first kappa shape index (κ1) is 22.0. The summed E-state index contributed by atoms with van der Waals surface area (Å²) >= 11 is 0. The number of nitrogens with one attached hydrogen (secondary N) is 2. The summed E-state index contributed by atoms with van der Waals surface area (Å²) in [5.74, 6) is 3.22. The van der Waals surface area contributed by atoms with E-state index in [4.69, 9.17) is 9.47 Å². The third-order valence-electron chi connectivity index (χ3n) is 7.65. The molecule has 1 unspecified atom stereocenters. The lowest BCUT2D eigenvalue weighted by Crippen LogP contribution is -2.55. The number of carbonyl (C=O) groups is 2. The van der Waals surface area contributed by atoms with E-state index in [-0.39, 0.29) is 23.1 Å². The molecule has 2 N–H and O–H groups in total. The fraction of sp³-hybridized carbons (Fsp3) is 0.680. The Labute approximate surface area is 185 Å². The molecule has 4 bridgehead atoms. The highest BCUT2D eigenvalue weighted by molar-refractivity contribution is 5.98. The molecule has 0 spiro atoms. The molecule has 0 aliphatic heterocycles. The Bertz CT molecular complexity index is 777. The van der Waals surface area contributed by atoms with Crippen molar-refractivity contribution in [1.82, 2.24) is 10.6 Å². The van der Waals surface area contributed by atoms with Gasteiger partial charge in [0.1, 0.15) is 17.5 Å². The predicted octanol–water partition coefficient (Wildman–Crippen LogP) is 3.79. The lowest BCUT2D eigenvalue weighted by molar-refractivity contribution is -0.126. The van der Waals surface area contributed by atoms with E-state index in [0.29, 0.717) is 17.1 Å². The number of carbonyl (C=O) groups excluding carboxylic acids is 2. The van der Waals surface area contributed by atoms with E-state index in [1.165, 1.54) is 38.5 Å². The molecule has 4 saturated carbocycles. The smallest absolute Gasteiger partial charge is 0.252 e. The lowest BCUT2D eigenvalue weighted by Gasteiger charge is -2.57. The first-order valence-corrected chi connectivity index (χ1v) is 11.6. The van der Waals surface area contributed by atoms with Crippen LogP contribution in [0.15, 0.2) is 18.2 Å². The molecule has 5 rings (SSSR count). The summed E-state index contributed by atoms with van der Waals surface area (Å²) in [7, 11) is 3.09. The molecule has 31 heavy (non-hydrogen) atoms. The van der Waals surface area contributed by atoms with Crippen LogP contribution in [0.3, 0.4) is 0 Å². The molecule has 1 aromatic carbocycles. The highest BCUT2D eigenvalue weighted by Gasteiger charge is 2.50. The molecule has 4 fully saturated rings. The van der Waals surface area contributed by atoms with Gasteiger partial charge in [-0.05, 0) is 79.7 Å². The van der Waals surface area contributed by atoms with Gasteiger partial charge in [0.05, 0.1) is 14.2 Å². The zero-order valence-corrected chi connectivity index (χ0v) is 19.2. The van der Waals surface area contributed by atoms with Gasteiger partial charge in [0.15, 0.2) is 0 Å². The van der Waals surface area contributed by atoms with Crippen molar-refractivity contribution in [2.75, 3.05) is 20.8 Å². The normalized spacial score (nSPS) is 29.5. The van der Waals surface area contributed by atoms with Crippen LogP contribution in [0.1, 0.15) is 62.7 Å². The van der Waals surface area contributed by atoms with Crippen molar-refractivity contribution in [2.24, 2.45) is 29.1 Å². The maximum absolute atomic E-state index is 13.1. The monoisotopic (exact) mass is 428 g/mol. The molecule has 0 aromatic heterocycles. The van der Waals surface area contributed by atoms with Crippen LogP contribution in [0.5, 0.6) is 11.5 Å². The van der Waals surface area contributed by atoms with Crippen molar-refractivity contribution in [3.63, 3.8) is 0 Å². The molecular formula is C25H36N2O4. The Morgan fingerprint density at radius 1 is 0.968 bits per heavy atom. The van der Waals surface area contributed by atoms with Crippen LogP contribution in [0.2, 0.25) is 0 Å².